The first-order valence-corrected chi connectivity index (χ1v) is 5.74. The van der Waals surface area contributed by atoms with Crippen molar-refractivity contribution in [3.05, 3.63) is 21.7 Å². The molecule has 0 aliphatic rings. The molecule has 1 amide bonds. The fourth-order valence-electron chi connectivity index (χ4n) is 1.03. The second kappa shape index (κ2) is 6.09. The summed E-state index contributed by atoms with van der Waals surface area (Å²) in [7, 11) is 1.54. The van der Waals surface area contributed by atoms with Crippen LogP contribution in [-0.2, 0) is 9.53 Å². The van der Waals surface area contributed by atoms with Crippen LogP contribution in [-0.4, -0.2) is 24.1 Å². The number of carbonyl (C=O) groups excluding carboxylic acids is 1. The molecule has 0 spiro atoms. The Morgan fingerprint density at radius 2 is 2.44 bits per heavy atom. The fourth-order valence-corrected chi connectivity index (χ4v) is 1.61. The minimum Gasteiger partial charge on any atom is -0.381 e. The van der Waals surface area contributed by atoms with Gasteiger partial charge in [-0.05, 0) is 35.6 Å². The first-order chi connectivity index (χ1) is 7.52. The van der Waals surface area contributed by atoms with Crippen molar-refractivity contribution in [1.82, 2.24) is 4.98 Å². The Morgan fingerprint density at radius 3 is 3.00 bits per heavy atom. The summed E-state index contributed by atoms with van der Waals surface area (Å²) in [6.45, 7) is 1.79. The number of methoxy groups -OCH3 is 1. The van der Waals surface area contributed by atoms with E-state index < -0.39 is 5.82 Å². The van der Waals surface area contributed by atoms with Crippen molar-refractivity contribution in [3.8, 4) is 0 Å². The molecule has 1 aromatic rings. The molecule has 1 heterocycles. The van der Waals surface area contributed by atoms with E-state index in [0.29, 0.717) is 9.39 Å². The molecule has 6 heteroatoms. The van der Waals surface area contributed by atoms with Crippen LogP contribution in [0.15, 0.2) is 12.3 Å². The minimum atomic E-state index is -0.423. The lowest BCUT2D eigenvalue weighted by Gasteiger charge is -2.10. The van der Waals surface area contributed by atoms with E-state index in [1.54, 1.807) is 6.92 Å². The van der Waals surface area contributed by atoms with Gasteiger partial charge in [0.2, 0.25) is 5.91 Å². The third-order valence-corrected chi connectivity index (χ3v) is 2.76. The van der Waals surface area contributed by atoms with Crippen molar-refractivity contribution in [2.24, 2.45) is 0 Å². The first kappa shape index (κ1) is 13.3. The van der Waals surface area contributed by atoms with Crippen molar-refractivity contribution >= 4 is 34.3 Å². The zero-order valence-corrected chi connectivity index (χ0v) is 11.1. The highest BCUT2D eigenvalue weighted by molar-refractivity contribution is 14.1. The van der Waals surface area contributed by atoms with E-state index >= 15 is 0 Å². The molecule has 0 fully saturated rings. The molecule has 4 nitrogen and oxygen atoms in total. The number of rotatable bonds is 4. The highest BCUT2D eigenvalue weighted by Crippen LogP contribution is 2.16. The highest BCUT2D eigenvalue weighted by Gasteiger charge is 2.11. The number of carbonyl (C=O) groups is 1. The number of halogens is 2. The van der Waals surface area contributed by atoms with Gasteiger partial charge >= 0.3 is 0 Å². The molecule has 0 bridgehead atoms. The normalized spacial score (nSPS) is 12.2. The van der Waals surface area contributed by atoms with Gasteiger partial charge in [-0.1, -0.05) is 0 Å². The van der Waals surface area contributed by atoms with Crippen LogP contribution in [0.3, 0.4) is 0 Å². The van der Waals surface area contributed by atoms with Crippen molar-refractivity contribution in [2.75, 3.05) is 12.4 Å². The predicted octanol–water partition coefficient (Wildman–Crippen LogP) is 2.19. The van der Waals surface area contributed by atoms with Gasteiger partial charge in [-0.2, -0.15) is 0 Å². The monoisotopic (exact) mass is 338 g/mol. The maximum atomic E-state index is 12.7. The van der Waals surface area contributed by atoms with Crippen molar-refractivity contribution < 1.29 is 13.9 Å². The number of ether oxygens (including phenoxy) is 1. The third kappa shape index (κ3) is 4.01. The summed E-state index contributed by atoms with van der Waals surface area (Å²) in [5.41, 5.74) is 0. The summed E-state index contributed by atoms with van der Waals surface area (Å²) in [5.74, 6) is -0.255. The van der Waals surface area contributed by atoms with Gasteiger partial charge in [-0.25, -0.2) is 9.37 Å². The summed E-state index contributed by atoms with van der Waals surface area (Å²) >= 11 is 1.91. The quantitative estimate of drug-likeness (QED) is 0.857. The standard InChI is InChI=1S/C10H12FIN2O2/c1-6(16-2)3-9(15)14-10-8(12)4-7(11)5-13-10/h4-6H,3H2,1-2H3,(H,13,14,15). The maximum absolute atomic E-state index is 12.7. The second-order valence-electron chi connectivity index (χ2n) is 3.28. The van der Waals surface area contributed by atoms with Crippen molar-refractivity contribution in [1.29, 1.82) is 0 Å². The van der Waals surface area contributed by atoms with Crippen molar-refractivity contribution in [2.45, 2.75) is 19.4 Å². The molecule has 1 N–H and O–H groups in total. The summed E-state index contributed by atoms with van der Waals surface area (Å²) < 4.78 is 18.3. The number of hydrogen-bond donors (Lipinski definition) is 1. The van der Waals surface area contributed by atoms with Crippen LogP contribution in [0.1, 0.15) is 13.3 Å². The van der Waals surface area contributed by atoms with Crippen LogP contribution in [0.4, 0.5) is 10.2 Å². The van der Waals surface area contributed by atoms with E-state index in [9.17, 15) is 9.18 Å². The van der Waals surface area contributed by atoms with Gasteiger partial charge in [0.05, 0.1) is 22.3 Å². The van der Waals surface area contributed by atoms with E-state index in [-0.39, 0.29) is 18.4 Å². The molecule has 16 heavy (non-hydrogen) atoms. The van der Waals surface area contributed by atoms with Crippen LogP contribution in [0.25, 0.3) is 0 Å². The van der Waals surface area contributed by atoms with Gasteiger partial charge in [0.25, 0.3) is 0 Å². The second-order valence-corrected chi connectivity index (χ2v) is 4.44. The number of pyridine rings is 1. The average molecular weight is 338 g/mol. The van der Waals surface area contributed by atoms with Crippen molar-refractivity contribution in [3.63, 3.8) is 0 Å². The molecular weight excluding hydrogens is 326 g/mol. The molecule has 88 valence electrons. The Hall–Kier alpha value is -0.760. The molecule has 0 radical (unpaired) electrons. The first-order valence-electron chi connectivity index (χ1n) is 4.66. The average Bonchev–Trinajstić information content (AvgIpc) is 2.22. The molecule has 1 aromatic heterocycles. The molecular formula is C10H12FIN2O2. The van der Waals surface area contributed by atoms with Gasteiger partial charge < -0.3 is 10.1 Å². The Morgan fingerprint density at radius 1 is 1.75 bits per heavy atom. The Balaban J connectivity index is 2.63. The highest BCUT2D eigenvalue weighted by atomic mass is 127. The number of hydrogen-bond acceptors (Lipinski definition) is 3. The van der Waals surface area contributed by atoms with Crippen LogP contribution in [0.2, 0.25) is 0 Å². The number of aromatic nitrogens is 1. The predicted molar refractivity (Wildman–Crippen MR) is 66.6 cm³/mol. The van der Waals surface area contributed by atoms with Gasteiger partial charge in [0, 0.05) is 7.11 Å². The largest absolute Gasteiger partial charge is 0.381 e. The topological polar surface area (TPSA) is 51.2 Å². The lowest BCUT2D eigenvalue weighted by Crippen LogP contribution is -2.20. The van der Waals surface area contributed by atoms with Crippen LogP contribution >= 0.6 is 22.6 Å². The van der Waals surface area contributed by atoms with E-state index in [2.05, 4.69) is 10.3 Å². The number of anilines is 1. The van der Waals surface area contributed by atoms with Crippen LogP contribution < -0.4 is 5.32 Å². The van der Waals surface area contributed by atoms with E-state index in [0.717, 1.165) is 6.20 Å². The Bertz CT molecular complexity index is 387. The van der Waals surface area contributed by atoms with E-state index in [1.165, 1.54) is 13.2 Å². The molecule has 0 saturated heterocycles. The molecule has 0 aliphatic heterocycles. The molecule has 1 unspecified atom stereocenters. The zero-order chi connectivity index (χ0) is 12.1. The van der Waals surface area contributed by atoms with Gasteiger partial charge in [0.1, 0.15) is 11.6 Å². The summed E-state index contributed by atoms with van der Waals surface area (Å²) in [6.07, 6.45) is 1.15. The molecule has 0 aliphatic carbocycles. The van der Waals surface area contributed by atoms with E-state index in [4.69, 9.17) is 4.74 Å². The lowest BCUT2D eigenvalue weighted by atomic mass is 10.2. The number of nitrogens with zero attached hydrogens (tertiary/aromatic N) is 1. The van der Waals surface area contributed by atoms with Gasteiger partial charge in [0.15, 0.2) is 0 Å². The molecule has 1 rings (SSSR count). The Kier molecular flexibility index (Phi) is 5.07. The lowest BCUT2D eigenvalue weighted by molar-refractivity contribution is -0.118. The third-order valence-electron chi connectivity index (χ3n) is 1.94. The van der Waals surface area contributed by atoms with Crippen LogP contribution in [0.5, 0.6) is 0 Å². The Labute approximate surface area is 107 Å². The number of nitrogens with one attached hydrogen (secondary N) is 1. The van der Waals surface area contributed by atoms with E-state index in [1.807, 2.05) is 22.6 Å². The summed E-state index contributed by atoms with van der Waals surface area (Å²) in [4.78, 5) is 15.3. The maximum Gasteiger partial charge on any atom is 0.228 e. The van der Waals surface area contributed by atoms with Gasteiger partial charge in [-0.15, -0.1) is 0 Å². The fraction of sp³-hybridized carbons (Fsp3) is 0.400. The van der Waals surface area contributed by atoms with Gasteiger partial charge in [-0.3, -0.25) is 4.79 Å². The molecule has 0 saturated carbocycles. The molecule has 0 aromatic carbocycles. The number of amides is 1. The summed E-state index contributed by atoms with van der Waals surface area (Å²) in [5, 5.41) is 2.60. The minimum absolute atomic E-state index is 0.155. The van der Waals surface area contributed by atoms with Crippen LogP contribution in [0, 0.1) is 9.39 Å². The molecule has 1 atom stereocenters. The SMILES string of the molecule is COC(C)CC(=O)Nc1ncc(F)cc1I. The summed E-state index contributed by atoms with van der Waals surface area (Å²) in [6, 6.07) is 1.31. The zero-order valence-electron chi connectivity index (χ0n) is 8.96. The smallest absolute Gasteiger partial charge is 0.228 e.